The molecule has 4 nitrogen and oxygen atoms in total. The molecule has 4 rings (SSSR count). The molecule has 0 aliphatic heterocycles. The highest BCUT2D eigenvalue weighted by atomic mass is 19.4. The molecule has 0 unspecified atom stereocenters. The van der Waals surface area contributed by atoms with Crippen LogP contribution in [0.25, 0.3) is 10.8 Å². The molecule has 0 radical (unpaired) electrons. The summed E-state index contributed by atoms with van der Waals surface area (Å²) in [5.41, 5.74) is 6.55. The van der Waals surface area contributed by atoms with Crippen LogP contribution in [0.1, 0.15) is 68.6 Å². The molecule has 0 amide bonds. The van der Waals surface area contributed by atoms with Gasteiger partial charge < -0.3 is 15.5 Å². The molecule has 194 valence electrons. The fourth-order valence-electron chi connectivity index (χ4n) is 6.04. The Morgan fingerprint density at radius 2 is 1.89 bits per heavy atom. The molecule has 0 spiro atoms. The van der Waals surface area contributed by atoms with Crippen LogP contribution >= 0.6 is 0 Å². The van der Waals surface area contributed by atoms with Crippen molar-refractivity contribution in [2.45, 2.75) is 76.5 Å². The van der Waals surface area contributed by atoms with Crippen LogP contribution in [0.5, 0.6) is 5.75 Å². The average Bonchev–Trinajstić information content (AvgIpc) is 2.85. The van der Waals surface area contributed by atoms with Crippen LogP contribution in [0.4, 0.5) is 13.2 Å². The molecular weight excluding hydrogens is 465 g/mol. The maximum absolute atomic E-state index is 13.6. The fourth-order valence-corrected chi connectivity index (χ4v) is 6.04. The second kappa shape index (κ2) is 10.7. The number of hydrogen-bond acceptors (Lipinski definition) is 3. The van der Waals surface area contributed by atoms with Crippen molar-refractivity contribution < 1.29 is 17.9 Å². The van der Waals surface area contributed by atoms with Crippen molar-refractivity contribution in [2.75, 3.05) is 6.54 Å². The molecule has 3 N–H and O–H groups in total. The normalized spacial score (nSPS) is 21.4. The molecule has 1 saturated carbocycles. The number of alkyl halides is 3. The smallest absolute Gasteiger partial charge is 0.416 e. The van der Waals surface area contributed by atoms with Gasteiger partial charge in [-0.3, -0.25) is 4.79 Å². The number of nitrogens with one attached hydrogen (secondary N) is 1. The number of hydrogen-bond donors (Lipinski definition) is 2. The van der Waals surface area contributed by atoms with Gasteiger partial charge in [0.05, 0.1) is 11.7 Å². The van der Waals surface area contributed by atoms with Crippen LogP contribution in [0.2, 0.25) is 0 Å². The van der Waals surface area contributed by atoms with Gasteiger partial charge in [0.1, 0.15) is 5.75 Å². The molecule has 0 bridgehead atoms. The lowest BCUT2D eigenvalue weighted by molar-refractivity contribution is -0.137. The zero-order chi connectivity index (χ0) is 25.9. The lowest BCUT2D eigenvalue weighted by Gasteiger charge is -2.46. The van der Waals surface area contributed by atoms with Gasteiger partial charge in [-0.15, -0.1) is 0 Å². The van der Waals surface area contributed by atoms with Crippen molar-refractivity contribution in [3.8, 4) is 5.75 Å². The van der Waals surface area contributed by atoms with Crippen LogP contribution in [0.3, 0.4) is 0 Å². The van der Waals surface area contributed by atoms with E-state index in [1.54, 1.807) is 6.20 Å². The van der Waals surface area contributed by atoms with Gasteiger partial charge in [-0.1, -0.05) is 31.5 Å². The topological polar surface area (TPSA) is 68.1 Å². The molecule has 1 atom stereocenters. The van der Waals surface area contributed by atoms with E-state index in [0.29, 0.717) is 11.9 Å². The number of rotatable bonds is 8. The Kier molecular flexibility index (Phi) is 7.79. The predicted octanol–water partition coefficient (Wildman–Crippen LogP) is 6.88. The first-order valence-electron chi connectivity index (χ1n) is 12.8. The van der Waals surface area contributed by atoms with Crippen LogP contribution in [0, 0.1) is 12.8 Å². The molecule has 1 aliphatic carbocycles. The molecular formula is C29H35F3N2O2. The molecule has 1 aliphatic rings. The Balaban J connectivity index is 1.62. The number of nitrogens with two attached hydrogens (primary N) is 1. The van der Waals surface area contributed by atoms with Crippen molar-refractivity contribution in [3.05, 3.63) is 75.7 Å². The molecule has 7 heteroatoms. The van der Waals surface area contributed by atoms with E-state index >= 15 is 0 Å². The quantitative estimate of drug-likeness (QED) is 0.354. The van der Waals surface area contributed by atoms with Crippen LogP contribution in [-0.2, 0) is 11.6 Å². The van der Waals surface area contributed by atoms with E-state index in [2.05, 4.69) is 11.9 Å². The zero-order valence-electron chi connectivity index (χ0n) is 21.0. The predicted molar refractivity (Wildman–Crippen MR) is 137 cm³/mol. The zero-order valence-corrected chi connectivity index (χ0v) is 21.0. The number of ether oxygens (including phenoxy) is 1. The minimum atomic E-state index is -4.37. The Bertz CT molecular complexity index is 1240. The number of aromatic amines is 1. The van der Waals surface area contributed by atoms with E-state index in [4.69, 9.17) is 10.5 Å². The summed E-state index contributed by atoms with van der Waals surface area (Å²) in [6, 6.07) is 11.5. The standard InChI is InChI=1S/C29H35F3N2O2/c1-3-5-21(10-14-33)28(22-6-4-7-23(18-22)29(30,31)32)12-8-24(9-13-28)36-26-17-20-11-15-34-27(35)25(20)16-19(26)2/h4,6-7,11,15-18,21,24H,3,5,8-10,12-14,33H2,1-2H3,(H,34,35)/t21-,24?,28?/m0/s1. The molecule has 1 heterocycles. The highest BCUT2D eigenvalue weighted by molar-refractivity contribution is 5.83. The average molecular weight is 501 g/mol. The van der Waals surface area contributed by atoms with Crippen molar-refractivity contribution in [2.24, 2.45) is 11.7 Å². The summed E-state index contributed by atoms with van der Waals surface area (Å²) < 4.78 is 47.1. The molecule has 3 aromatic rings. The van der Waals surface area contributed by atoms with E-state index in [0.717, 1.165) is 73.3 Å². The van der Waals surface area contributed by atoms with Crippen LogP contribution in [-0.4, -0.2) is 17.6 Å². The summed E-state index contributed by atoms with van der Waals surface area (Å²) >= 11 is 0. The van der Waals surface area contributed by atoms with Crippen molar-refractivity contribution in [1.29, 1.82) is 0 Å². The van der Waals surface area contributed by atoms with Gasteiger partial charge in [-0.2, -0.15) is 13.2 Å². The minimum Gasteiger partial charge on any atom is -0.490 e. The number of pyridine rings is 1. The summed E-state index contributed by atoms with van der Waals surface area (Å²) in [6.07, 6.45) is 2.86. The van der Waals surface area contributed by atoms with Crippen molar-refractivity contribution in [3.63, 3.8) is 0 Å². The largest absolute Gasteiger partial charge is 0.490 e. The second-order valence-corrected chi connectivity index (χ2v) is 10.1. The third-order valence-electron chi connectivity index (χ3n) is 7.89. The number of fused-ring (bicyclic) bond motifs is 1. The molecule has 0 saturated heterocycles. The van der Waals surface area contributed by atoms with E-state index in [1.807, 2.05) is 31.2 Å². The van der Waals surface area contributed by atoms with Gasteiger partial charge in [-0.25, -0.2) is 0 Å². The summed E-state index contributed by atoms with van der Waals surface area (Å²) in [7, 11) is 0. The molecule has 2 aromatic carbocycles. The van der Waals surface area contributed by atoms with Crippen LogP contribution in [0.15, 0.2) is 53.5 Å². The van der Waals surface area contributed by atoms with Gasteiger partial charge in [0.15, 0.2) is 0 Å². The second-order valence-electron chi connectivity index (χ2n) is 10.1. The van der Waals surface area contributed by atoms with Crippen molar-refractivity contribution in [1.82, 2.24) is 4.98 Å². The highest BCUT2D eigenvalue weighted by Crippen LogP contribution is 2.49. The Morgan fingerprint density at radius 1 is 1.14 bits per heavy atom. The summed E-state index contributed by atoms with van der Waals surface area (Å²) in [4.78, 5) is 14.8. The highest BCUT2D eigenvalue weighted by Gasteiger charge is 2.44. The van der Waals surface area contributed by atoms with Gasteiger partial charge in [0.25, 0.3) is 5.56 Å². The molecule has 36 heavy (non-hydrogen) atoms. The molecule has 1 aromatic heterocycles. The number of aryl methyl sites for hydroxylation is 1. The Labute approximate surface area is 210 Å². The number of H-pyrrole nitrogens is 1. The maximum atomic E-state index is 13.6. The van der Waals surface area contributed by atoms with Crippen LogP contribution < -0.4 is 16.0 Å². The van der Waals surface area contributed by atoms with E-state index in [1.165, 1.54) is 12.1 Å². The SMILES string of the molecule is CCC[C@@H](CCN)C1(c2cccc(C(F)(F)F)c2)CCC(Oc2cc3cc[nH]c(=O)c3cc2C)CC1. The third-order valence-corrected chi connectivity index (χ3v) is 7.89. The Morgan fingerprint density at radius 3 is 2.56 bits per heavy atom. The lowest BCUT2D eigenvalue weighted by atomic mass is 9.59. The molecule has 1 fully saturated rings. The fraction of sp³-hybridized carbons (Fsp3) is 0.483. The maximum Gasteiger partial charge on any atom is 0.416 e. The summed E-state index contributed by atoms with van der Waals surface area (Å²) in [5, 5.41) is 1.44. The monoisotopic (exact) mass is 500 g/mol. The van der Waals surface area contributed by atoms with E-state index in [-0.39, 0.29) is 23.0 Å². The number of benzene rings is 2. The van der Waals surface area contributed by atoms with Gasteiger partial charge in [0, 0.05) is 11.6 Å². The first-order valence-corrected chi connectivity index (χ1v) is 12.8. The summed E-state index contributed by atoms with van der Waals surface area (Å²) in [6.45, 7) is 4.56. The number of aromatic nitrogens is 1. The summed E-state index contributed by atoms with van der Waals surface area (Å²) in [5.74, 6) is 0.961. The minimum absolute atomic E-state index is 0.0396. The number of halogens is 3. The first-order chi connectivity index (χ1) is 17.2. The first kappa shape index (κ1) is 26.3. The van der Waals surface area contributed by atoms with Gasteiger partial charge in [-0.05, 0) is 104 Å². The van der Waals surface area contributed by atoms with Gasteiger partial charge >= 0.3 is 6.18 Å². The van der Waals surface area contributed by atoms with E-state index < -0.39 is 11.7 Å². The van der Waals surface area contributed by atoms with Gasteiger partial charge in [0.2, 0.25) is 0 Å². The Hall–Kier alpha value is -2.80. The van der Waals surface area contributed by atoms with Crippen molar-refractivity contribution >= 4 is 10.8 Å². The third kappa shape index (κ3) is 5.31. The lowest BCUT2D eigenvalue weighted by Crippen LogP contribution is -2.42. The van der Waals surface area contributed by atoms with E-state index in [9.17, 15) is 18.0 Å².